The van der Waals surface area contributed by atoms with Gasteiger partial charge in [-0.15, -0.1) is 0 Å². The number of nitrogens with two attached hydrogens (primary N) is 1. The normalized spacial score (nSPS) is 11.7. The van der Waals surface area contributed by atoms with Gasteiger partial charge < -0.3 is 11.1 Å². The Morgan fingerprint density at radius 3 is 2.33 bits per heavy atom. The van der Waals surface area contributed by atoms with Crippen LogP contribution in [-0.4, -0.2) is 21.6 Å². The highest BCUT2D eigenvalue weighted by Crippen LogP contribution is 2.19. The smallest absolute Gasteiger partial charge is 0.255 e. The fraction of sp³-hybridized carbons (Fsp3) is 0.190. The van der Waals surface area contributed by atoms with Gasteiger partial charge in [-0.25, -0.2) is 0 Å². The summed E-state index contributed by atoms with van der Waals surface area (Å²) in [5.74, 6) is -0.746. The molecular formula is C21H22N4O2. The van der Waals surface area contributed by atoms with Gasteiger partial charge in [-0.05, 0) is 11.1 Å². The van der Waals surface area contributed by atoms with Crippen molar-refractivity contribution in [2.24, 2.45) is 12.8 Å². The van der Waals surface area contributed by atoms with Crippen LogP contribution >= 0.6 is 0 Å². The first-order valence-electron chi connectivity index (χ1n) is 8.73. The van der Waals surface area contributed by atoms with Crippen molar-refractivity contribution in [3.05, 3.63) is 89.2 Å². The quantitative estimate of drug-likeness (QED) is 0.676. The lowest BCUT2D eigenvalue weighted by Gasteiger charge is -2.18. The van der Waals surface area contributed by atoms with Gasteiger partial charge >= 0.3 is 0 Å². The van der Waals surface area contributed by atoms with Gasteiger partial charge in [0.15, 0.2) is 0 Å². The number of rotatable bonds is 7. The summed E-state index contributed by atoms with van der Waals surface area (Å²) in [7, 11) is 1.81. The van der Waals surface area contributed by atoms with E-state index in [9.17, 15) is 9.59 Å². The fourth-order valence-electron chi connectivity index (χ4n) is 3.03. The molecule has 6 nitrogen and oxygen atoms in total. The molecule has 0 unspecified atom stereocenters. The van der Waals surface area contributed by atoms with Crippen molar-refractivity contribution in [1.82, 2.24) is 15.1 Å². The predicted molar refractivity (Wildman–Crippen MR) is 103 cm³/mol. The third kappa shape index (κ3) is 4.61. The van der Waals surface area contributed by atoms with E-state index in [1.54, 1.807) is 10.9 Å². The molecule has 0 aliphatic carbocycles. The highest BCUT2D eigenvalue weighted by Gasteiger charge is 2.22. The average Bonchev–Trinajstić information content (AvgIpc) is 3.03. The summed E-state index contributed by atoms with van der Waals surface area (Å²) in [5, 5.41) is 7.17. The lowest BCUT2D eigenvalue weighted by molar-refractivity contribution is -0.118. The first-order valence-corrected chi connectivity index (χ1v) is 8.73. The lowest BCUT2D eigenvalue weighted by Crippen LogP contribution is -2.32. The maximum Gasteiger partial charge on any atom is 0.255 e. The van der Waals surface area contributed by atoms with Gasteiger partial charge in [0.05, 0.1) is 29.9 Å². The molecule has 2 aromatic carbocycles. The van der Waals surface area contributed by atoms with Gasteiger partial charge in [0, 0.05) is 13.5 Å². The third-order valence-electron chi connectivity index (χ3n) is 4.43. The molecule has 0 aliphatic heterocycles. The summed E-state index contributed by atoms with van der Waals surface area (Å²) in [6.45, 7) is 0. The van der Waals surface area contributed by atoms with Crippen molar-refractivity contribution in [3.63, 3.8) is 0 Å². The van der Waals surface area contributed by atoms with Crippen LogP contribution in [0, 0.1) is 0 Å². The molecule has 0 saturated carbocycles. The molecule has 0 saturated heterocycles. The Balaban J connectivity index is 1.83. The molecule has 0 spiro atoms. The topological polar surface area (TPSA) is 90.0 Å². The zero-order chi connectivity index (χ0) is 19.2. The number of benzene rings is 2. The van der Waals surface area contributed by atoms with Crippen molar-refractivity contribution < 1.29 is 9.59 Å². The van der Waals surface area contributed by atoms with E-state index in [0.29, 0.717) is 12.0 Å². The Morgan fingerprint density at radius 1 is 1.07 bits per heavy atom. The van der Waals surface area contributed by atoms with Gasteiger partial charge in [0.1, 0.15) is 0 Å². The highest BCUT2D eigenvalue weighted by atomic mass is 16.2. The number of primary amides is 1. The Hall–Kier alpha value is -3.41. The van der Waals surface area contributed by atoms with Gasteiger partial charge in [-0.3, -0.25) is 14.3 Å². The summed E-state index contributed by atoms with van der Waals surface area (Å²) < 4.78 is 1.70. The van der Waals surface area contributed by atoms with Crippen molar-refractivity contribution in [2.45, 2.75) is 18.9 Å². The zero-order valence-corrected chi connectivity index (χ0v) is 15.1. The number of amides is 2. The molecule has 1 atom stereocenters. The summed E-state index contributed by atoms with van der Waals surface area (Å²) in [4.78, 5) is 24.4. The Labute approximate surface area is 158 Å². The second kappa shape index (κ2) is 8.31. The van der Waals surface area contributed by atoms with Crippen LogP contribution in [0.4, 0.5) is 0 Å². The predicted octanol–water partition coefficient (Wildman–Crippen LogP) is 2.36. The number of aromatic nitrogens is 2. The molecule has 1 aromatic heterocycles. The van der Waals surface area contributed by atoms with E-state index in [1.165, 1.54) is 0 Å². The van der Waals surface area contributed by atoms with E-state index in [0.717, 1.165) is 16.8 Å². The first-order chi connectivity index (χ1) is 13.0. The van der Waals surface area contributed by atoms with Crippen molar-refractivity contribution in [3.8, 4) is 0 Å². The van der Waals surface area contributed by atoms with E-state index in [2.05, 4.69) is 10.4 Å². The largest absolute Gasteiger partial charge is 0.370 e. The molecule has 3 rings (SSSR count). The number of carbonyl (C=O) groups is 2. The standard InChI is InChI=1S/C21H22N4O2/c1-25-19(12-15-8-4-2-5-9-15)17(14-23-25)21(27)24-18(13-20(22)26)16-10-6-3-7-11-16/h2-11,14,18H,12-13H2,1H3,(H2,22,26)(H,24,27)/t18-/m1/s1. The molecule has 0 fully saturated rings. The van der Waals surface area contributed by atoms with E-state index in [-0.39, 0.29) is 12.3 Å². The molecule has 0 aliphatic rings. The lowest BCUT2D eigenvalue weighted by atomic mass is 10.0. The molecule has 6 heteroatoms. The summed E-state index contributed by atoms with van der Waals surface area (Å²) in [6.07, 6.45) is 2.18. The van der Waals surface area contributed by atoms with Crippen LogP contribution < -0.4 is 11.1 Å². The van der Waals surface area contributed by atoms with Crippen LogP contribution in [0.1, 0.15) is 39.6 Å². The molecule has 3 N–H and O–H groups in total. The highest BCUT2D eigenvalue weighted by molar-refractivity contribution is 5.95. The van der Waals surface area contributed by atoms with Gasteiger partial charge in [-0.2, -0.15) is 5.10 Å². The second-order valence-corrected chi connectivity index (χ2v) is 6.40. The molecule has 0 radical (unpaired) electrons. The van der Waals surface area contributed by atoms with E-state index < -0.39 is 11.9 Å². The van der Waals surface area contributed by atoms with E-state index in [4.69, 9.17) is 5.73 Å². The molecule has 3 aromatic rings. The molecule has 0 bridgehead atoms. The number of nitrogens with zero attached hydrogens (tertiary/aromatic N) is 2. The molecule has 2 amide bonds. The van der Waals surface area contributed by atoms with Crippen LogP contribution in [0.2, 0.25) is 0 Å². The Bertz CT molecular complexity index is 920. The molecule has 138 valence electrons. The van der Waals surface area contributed by atoms with Gasteiger partial charge in [-0.1, -0.05) is 60.7 Å². The van der Waals surface area contributed by atoms with Crippen LogP contribution in [-0.2, 0) is 18.3 Å². The minimum Gasteiger partial charge on any atom is -0.370 e. The zero-order valence-electron chi connectivity index (χ0n) is 15.1. The third-order valence-corrected chi connectivity index (χ3v) is 4.43. The van der Waals surface area contributed by atoms with Crippen molar-refractivity contribution >= 4 is 11.8 Å². The number of aryl methyl sites for hydroxylation is 1. The van der Waals surface area contributed by atoms with Crippen molar-refractivity contribution in [1.29, 1.82) is 0 Å². The summed E-state index contributed by atoms with van der Waals surface area (Å²) in [5.41, 5.74) is 8.60. The number of hydrogen-bond acceptors (Lipinski definition) is 3. The van der Waals surface area contributed by atoms with E-state index in [1.807, 2.05) is 67.7 Å². The number of hydrogen-bond donors (Lipinski definition) is 2. The van der Waals surface area contributed by atoms with Gasteiger partial charge in [0.25, 0.3) is 5.91 Å². The molecule has 27 heavy (non-hydrogen) atoms. The first kappa shape index (κ1) is 18.4. The fourth-order valence-corrected chi connectivity index (χ4v) is 3.03. The Kier molecular flexibility index (Phi) is 5.66. The number of carbonyl (C=O) groups excluding carboxylic acids is 2. The monoisotopic (exact) mass is 362 g/mol. The van der Waals surface area contributed by atoms with Crippen LogP contribution in [0.5, 0.6) is 0 Å². The van der Waals surface area contributed by atoms with Crippen LogP contribution in [0.15, 0.2) is 66.9 Å². The van der Waals surface area contributed by atoms with Gasteiger partial charge in [0.2, 0.25) is 5.91 Å². The minimum absolute atomic E-state index is 0.0318. The maximum absolute atomic E-state index is 12.9. The van der Waals surface area contributed by atoms with Crippen LogP contribution in [0.3, 0.4) is 0 Å². The maximum atomic E-state index is 12.9. The van der Waals surface area contributed by atoms with Crippen molar-refractivity contribution in [2.75, 3.05) is 0 Å². The summed E-state index contributed by atoms with van der Waals surface area (Å²) in [6, 6.07) is 18.7. The molecule has 1 heterocycles. The Morgan fingerprint density at radius 2 is 1.70 bits per heavy atom. The SMILES string of the molecule is Cn1ncc(C(=O)N[C@H](CC(N)=O)c2ccccc2)c1Cc1ccccc1. The summed E-state index contributed by atoms with van der Waals surface area (Å²) >= 11 is 0. The minimum atomic E-state index is -0.485. The van der Waals surface area contributed by atoms with Crippen LogP contribution in [0.25, 0.3) is 0 Å². The second-order valence-electron chi connectivity index (χ2n) is 6.40. The molecular weight excluding hydrogens is 340 g/mol. The average molecular weight is 362 g/mol. The number of nitrogens with one attached hydrogen (secondary N) is 1. The van der Waals surface area contributed by atoms with E-state index >= 15 is 0 Å².